The Bertz CT molecular complexity index is 260. The van der Waals surface area contributed by atoms with Gasteiger partial charge in [0.15, 0.2) is 0 Å². The minimum absolute atomic E-state index is 0.177. The summed E-state index contributed by atoms with van der Waals surface area (Å²) in [6.07, 6.45) is 1.80. The molecule has 3 nitrogen and oxygen atoms in total. The average molecular weight is 269 g/mol. The summed E-state index contributed by atoms with van der Waals surface area (Å²) in [5, 5.41) is 0.565. The van der Waals surface area contributed by atoms with Crippen LogP contribution < -0.4 is 0 Å². The highest BCUT2D eigenvalue weighted by molar-refractivity contribution is 7.54. The topological polar surface area (TPSA) is 35.5 Å². The van der Waals surface area contributed by atoms with E-state index in [0.717, 1.165) is 18.4 Å². The highest BCUT2D eigenvalue weighted by atomic mass is 35.5. The van der Waals surface area contributed by atoms with E-state index in [2.05, 4.69) is 0 Å². The van der Waals surface area contributed by atoms with Crippen molar-refractivity contribution in [1.29, 1.82) is 0 Å². The molecule has 96 valence electrons. The molecule has 0 aromatic heterocycles. The van der Waals surface area contributed by atoms with Crippen molar-refractivity contribution in [3.8, 4) is 0 Å². The first-order chi connectivity index (χ1) is 7.45. The summed E-state index contributed by atoms with van der Waals surface area (Å²) < 4.78 is 22.9. The molecular weight excluding hydrogens is 247 g/mol. The van der Waals surface area contributed by atoms with Crippen LogP contribution in [0.5, 0.6) is 0 Å². The van der Waals surface area contributed by atoms with Gasteiger partial charge in [0.25, 0.3) is 0 Å². The Hall–Kier alpha value is 0.180. The highest BCUT2D eigenvalue weighted by Crippen LogP contribution is 2.50. The molecule has 0 aliphatic heterocycles. The van der Waals surface area contributed by atoms with Gasteiger partial charge in [-0.15, -0.1) is 0 Å². The molecule has 0 unspecified atom stereocenters. The third-order valence-corrected chi connectivity index (χ3v) is 4.41. The van der Waals surface area contributed by atoms with Crippen LogP contribution in [-0.2, 0) is 13.6 Å². The summed E-state index contributed by atoms with van der Waals surface area (Å²) >= 11 is 6.01. The first kappa shape index (κ1) is 16.2. The lowest BCUT2D eigenvalue weighted by molar-refractivity contribution is 0.206. The monoisotopic (exact) mass is 268 g/mol. The molecule has 0 heterocycles. The number of rotatable bonds is 8. The molecule has 0 amide bonds. The summed E-state index contributed by atoms with van der Waals surface area (Å²) in [4.78, 5) is 0. The lowest BCUT2D eigenvalue weighted by atomic mass is 10.3. The molecule has 0 aliphatic rings. The molecule has 0 N–H and O–H groups in total. The van der Waals surface area contributed by atoms with Crippen LogP contribution in [-0.4, -0.2) is 19.4 Å². The van der Waals surface area contributed by atoms with Crippen LogP contribution >= 0.6 is 19.2 Å². The van der Waals surface area contributed by atoms with Crippen molar-refractivity contribution >= 4 is 19.2 Å². The fourth-order valence-electron chi connectivity index (χ4n) is 0.917. The van der Waals surface area contributed by atoms with Crippen molar-refractivity contribution in [2.45, 2.75) is 40.5 Å². The molecular formula is C11H22ClO3P. The zero-order chi connectivity index (χ0) is 12.6. The lowest BCUT2D eigenvalue weighted by Gasteiger charge is -2.18. The summed E-state index contributed by atoms with van der Waals surface area (Å²) in [5.74, 6) is 0. The summed E-state index contributed by atoms with van der Waals surface area (Å²) in [5.41, 5.74) is 0.946. The zero-order valence-corrected chi connectivity index (χ0v) is 12.2. The van der Waals surface area contributed by atoms with Crippen LogP contribution in [0.25, 0.3) is 0 Å². The predicted octanol–water partition coefficient (Wildman–Crippen LogP) is 4.57. The molecule has 0 aromatic rings. The molecule has 0 aromatic carbocycles. The van der Waals surface area contributed by atoms with Gasteiger partial charge in [0, 0.05) is 5.03 Å². The van der Waals surface area contributed by atoms with Crippen molar-refractivity contribution in [2.75, 3.05) is 19.4 Å². The van der Waals surface area contributed by atoms with Crippen LogP contribution in [0.2, 0.25) is 0 Å². The van der Waals surface area contributed by atoms with Gasteiger partial charge < -0.3 is 9.05 Å². The van der Waals surface area contributed by atoms with Gasteiger partial charge in [0.1, 0.15) is 0 Å². The number of halogens is 1. The Labute approximate surface area is 104 Å². The third kappa shape index (κ3) is 6.70. The second-order valence-electron chi connectivity index (χ2n) is 3.84. The molecule has 0 aliphatic carbocycles. The second-order valence-corrected chi connectivity index (χ2v) is 6.35. The van der Waals surface area contributed by atoms with Crippen LogP contribution in [0, 0.1) is 0 Å². The third-order valence-electron chi connectivity index (χ3n) is 1.86. The normalized spacial score (nSPS) is 11.6. The average Bonchev–Trinajstić information content (AvgIpc) is 2.23. The van der Waals surface area contributed by atoms with Crippen molar-refractivity contribution < 1.29 is 13.6 Å². The van der Waals surface area contributed by atoms with Gasteiger partial charge in [0.2, 0.25) is 0 Å². The Kier molecular flexibility index (Phi) is 8.39. The van der Waals surface area contributed by atoms with Crippen molar-refractivity contribution in [3.05, 3.63) is 10.6 Å². The quantitative estimate of drug-likeness (QED) is 0.605. The molecule has 0 radical (unpaired) electrons. The van der Waals surface area contributed by atoms with E-state index in [0.29, 0.717) is 18.2 Å². The molecule has 0 bridgehead atoms. The first-order valence-corrected chi connectivity index (χ1v) is 7.75. The van der Waals surface area contributed by atoms with E-state index in [4.69, 9.17) is 20.6 Å². The van der Waals surface area contributed by atoms with Crippen LogP contribution in [0.15, 0.2) is 10.6 Å². The van der Waals surface area contributed by atoms with Gasteiger partial charge in [-0.25, -0.2) is 0 Å². The molecule has 0 fully saturated rings. The maximum Gasteiger partial charge on any atom is 0.335 e. The van der Waals surface area contributed by atoms with Crippen LogP contribution in [0.3, 0.4) is 0 Å². The van der Waals surface area contributed by atoms with Gasteiger partial charge >= 0.3 is 7.60 Å². The van der Waals surface area contributed by atoms with Gasteiger partial charge in [-0.1, -0.05) is 31.0 Å². The molecule has 0 saturated heterocycles. The zero-order valence-electron chi connectivity index (χ0n) is 10.6. The number of allylic oxidation sites excluding steroid dienone is 2. The van der Waals surface area contributed by atoms with Crippen LogP contribution in [0.4, 0.5) is 0 Å². The Morgan fingerprint density at radius 3 is 1.88 bits per heavy atom. The smallest absolute Gasteiger partial charge is 0.308 e. The standard InChI is InChI=1S/C11H22ClO3P/c1-5-7-14-16(13,15-8-6-2)9-11(12)10(3)4/h5-9H2,1-4H3. The second kappa shape index (κ2) is 8.30. The Balaban J connectivity index is 4.53. The maximum absolute atomic E-state index is 12.3. The highest BCUT2D eigenvalue weighted by Gasteiger charge is 2.25. The Morgan fingerprint density at radius 2 is 1.56 bits per heavy atom. The molecule has 0 spiro atoms. The minimum atomic E-state index is -3.05. The van der Waals surface area contributed by atoms with Gasteiger partial charge in [-0.3, -0.25) is 4.57 Å². The van der Waals surface area contributed by atoms with Crippen molar-refractivity contribution in [1.82, 2.24) is 0 Å². The number of hydrogen-bond donors (Lipinski definition) is 0. The van der Waals surface area contributed by atoms with Crippen LogP contribution in [0.1, 0.15) is 40.5 Å². The Morgan fingerprint density at radius 1 is 1.12 bits per heavy atom. The summed E-state index contributed by atoms with van der Waals surface area (Å²) in [6.45, 7) is 8.57. The molecule has 16 heavy (non-hydrogen) atoms. The minimum Gasteiger partial charge on any atom is -0.308 e. The largest absolute Gasteiger partial charge is 0.335 e. The molecule has 0 atom stereocenters. The lowest BCUT2D eigenvalue weighted by Crippen LogP contribution is -2.03. The SMILES string of the molecule is CCCOP(=O)(CC(Cl)=C(C)C)OCCC. The van der Waals surface area contributed by atoms with Crippen molar-refractivity contribution in [2.24, 2.45) is 0 Å². The van der Waals surface area contributed by atoms with Gasteiger partial charge in [-0.2, -0.15) is 0 Å². The van der Waals surface area contributed by atoms with Gasteiger partial charge in [-0.05, 0) is 26.7 Å². The van der Waals surface area contributed by atoms with E-state index < -0.39 is 7.60 Å². The van der Waals surface area contributed by atoms with E-state index in [9.17, 15) is 4.57 Å². The molecule has 5 heteroatoms. The molecule has 0 saturated carbocycles. The van der Waals surface area contributed by atoms with E-state index in [1.165, 1.54) is 0 Å². The van der Waals surface area contributed by atoms with E-state index in [-0.39, 0.29) is 6.16 Å². The fourth-order valence-corrected chi connectivity index (χ4v) is 3.19. The summed E-state index contributed by atoms with van der Waals surface area (Å²) in [6, 6.07) is 0. The fraction of sp³-hybridized carbons (Fsp3) is 0.818. The number of hydrogen-bond acceptors (Lipinski definition) is 3. The predicted molar refractivity (Wildman–Crippen MR) is 69.2 cm³/mol. The van der Waals surface area contributed by atoms with Crippen molar-refractivity contribution in [3.63, 3.8) is 0 Å². The van der Waals surface area contributed by atoms with E-state index >= 15 is 0 Å². The first-order valence-electron chi connectivity index (χ1n) is 5.65. The van der Waals surface area contributed by atoms with Gasteiger partial charge in [0.05, 0.1) is 19.4 Å². The van der Waals surface area contributed by atoms with E-state index in [1.807, 2.05) is 27.7 Å². The summed E-state index contributed by atoms with van der Waals surface area (Å²) in [7, 11) is -3.05. The maximum atomic E-state index is 12.3. The van der Waals surface area contributed by atoms with E-state index in [1.54, 1.807) is 0 Å². The molecule has 0 rings (SSSR count).